The van der Waals surface area contributed by atoms with Gasteiger partial charge in [0.2, 0.25) is 0 Å². The standard InChI is InChI=1S/C8H13NO2S/c1-3-7(12-6-5-9)8(10)11-4-2/h7H,3-4,6H2,1-2H3. The third kappa shape index (κ3) is 4.24. The molecule has 0 N–H and O–H groups in total. The van der Waals surface area contributed by atoms with Gasteiger partial charge in [-0.05, 0) is 13.3 Å². The fraction of sp³-hybridized carbons (Fsp3) is 0.750. The van der Waals surface area contributed by atoms with E-state index in [1.165, 1.54) is 11.8 Å². The Morgan fingerprint density at radius 1 is 1.67 bits per heavy atom. The summed E-state index contributed by atoms with van der Waals surface area (Å²) >= 11 is 1.33. The van der Waals surface area contributed by atoms with Crippen molar-refractivity contribution in [3.05, 3.63) is 0 Å². The Labute approximate surface area is 77.1 Å². The zero-order chi connectivity index (χ0) is 9.40. The topological polar surface area (TPSA) is 50.1 Å². The highest BCUT2D eigenvalue weighted by atomic mass is 32.2. The number of hydrogen-bond donors (Lipinski definition) is 0. The van der Waals surface area contributed by atoms with Crippen LogP contribution in [0, 0.1) is 11.3 Å². The maximum Gasteiger partial charge on any atom is 0.319 e. The van der Waals surface area contributed by atoms with Gasteiger partial charge in [-0.15, -0.1) is 11.8 Å². The summed E-state index contributed by atoms with van der Waals surface area (Å²) < 4.78 is 4.82. The van der Waals surface area contributed by atoms with Crippen molar-refractivity contribution < 1.29 is 9.53 Å². The molecule has 0 aromatic heterocycles. The molecule has 0 aliphatic carbocycles. The first-order valence-electron chi connectivity index (χ1n) is 3.91. The summed E-state index contributed by atoms with van der Waals surface area (Å²) in [6, 6.07) is 1.98. The zero-order valence-electron chi connectivity index (χ0n) is 7.37. The van der Waals surface area contributed by atoms with Crippen molar-refractivity contribution in [1.82, 2.24) is 0 Å². The molecule has 0 fully saturated rings. The first-order valence-corrected chi connectivity index (χ1v) is 4.96. The lowest BCUT2D eigenvalue weighted by Crippen LogP contribution is -2.19. The van der Waals surface area contributed by atoms with Gasteiger partial charge in [0.05, 0.1) is 18.4 Å². The molecule has 0 spiro atoms. The number of nitriles is 1. The Morgan fingerprint density at radius 3 is 2.75 bits per heavy atom. The van der Waals surface area contributed by atoms with Gasteiger partial charge in [-0.3, -0.25) is 4.79 Å². The van der Waals surface area contributed by atoms with Crippen LogP contribution in [0.25, 0.3) is 0 Å². The van der Waals surface area contributed by atoms with Crippen molar-refractivity contribution in [3.8, 4) is 6.07 Å². The van der Waals surface area contributed by atoms with Gasteiger partial charge >= 0.3 is 5.97 Å². The van der Waals surface area contributed by atoms with Crippen molar-refractivity contribution in [1.29, 1.82) is 5.26 Å². The molecule has 0 aliphatic rings. The van der Waals surface area contributed by atoms with E-state index in [1.54, 1.807) is 6.92 Å². The van der Waals surface area contributed by atoms with Crippen molar-refractivity contribution in [2.24, 2.45) is 0 Å². The summed E-state index contributed by atoms with van der Waals surface area (Å²) in [5, 5.41) is 8.12. The highest BCUT2D eigenvalue weighted by Crippen LogP contribution is 2.15. The monoisotopic (exact) mass is 187 g/mol. The molecule has 0 rings (SSSR count). The third-order valence-electron chi connectivity index (χ3n) is 1.27. The third-order valence-corrected chi connectivity index (χ3v) is 2.49. The van der Waals surface area contributed by atoms with Crippen molar-refractivity contribution in [3.63, 3.8) is 0 Å². The number of carbonyl (C=O) groups is 1. The van der Waals surface area contributed by atoms with Crippen LogP contribution < -0.4 is 0 Å². The molecule has 1 atom stereocenters. The average Bonchev–Trinajstić information content (AvgIpc) is 2.06. The summed E-state index contributed by atoms with van der Waals surface area (Å²) in [6.45, 7) is 4.09. The minimum Gasteiger partial charge on any atom is -0.465 e. The number of ether oxygens (including phenoxy) is 1. The molecule has 0 aromatic rings. The predicted molar refractivity (Wildman–Crippen MR) is 48.8 cm³/mol. The second-order valence-electron chi connectivity index (χ2n) is 2.12. The highest BCUT2D eigenvalue weighted by Gasteiger charge is 2.17. The Balaban J connectivity index is 3.80. The smallest absolute Gasteiger partial charge is 0.319 e. The molecule has 0 saturated heterocycles. The maximum absolute atomic E-state index is 11.1. The minimum atomic E-state index is -0.208. The first kappa shape index (κ1) is 11.3. The van der Waals surface area contributed by atoms with Crippen molar-refractivity contribution in [2.45, 2.75) is 25.5 Å². The van der Waals surface area contributed by atoms with Crippen molar-refractivity contribution >= 4 is 17.7 Å². The van der Waals surface area contributed by atoms with Crippen LogP contribution in [0.3, 0.4) is 0 Å². The van der Waals surface area contributed by atoms with E-state index in [0.29, 0.717) is 18.8 Å². The second kappa shape index (κ2) is 6.99. The van der Waals surface area contributed by atoms with Crippen LogP contribution in [0.4, 0.5) is 0 Å². The molecule has 0 aliphatic heterocycles. The fourth-order valence-corrected chi connectivity index (χ4v) is 1.44. The SMILES string of the molecule is CCOC(=O)C(CC)SCC#N. The van der Waals surface area contributed by atoms with E-state index in [1.807, 2.05) is 13.0 Å². The summed E-state index contributed by atoms with van der Waals surface area (Å²) in [5.41, 5.74) is 0. The molecule has 0 amide bonds. The Hall–Kier alpha value is -0.690. The molecule has 0 bridgehead atoms. The zero-order valence-corrected chi connectivity index (χ0v) is 8.19. The van der Waals surface area contributed by atoms with Crippen LogP contribution in [-0.2, 0) is 9.53 Å². The molecule has 0 saturated carbocycles. The van der Waals surface area contributed by atoms with E-state index in [9.17, 15) is 4.79 Å². The second-order valence-corrected chi connectivity index (χ2v) is 3.31. The van der Waals surface area contributed by atoms with Crippen LogP contribution in [0.2, 0.25) is 0 Å². The van der Waals surface area contributed by atoms with Gasteiger partial charge in [0.15, 0.2) is 0 Å². The molecular formula is C8H13NO2S. The van der Waals surface area contributed by atoms with Crippen LogP contribution in [0.1, 0.15) is 20.3 Å². The molecular weight excluding hydrogens is 174 g/mol. The molecule has 3 nitrogen and oxygen atoms in total. The van der Waals surface area contributed by atoms with E-state index in [0.717, 1.165) is 0 Å². The Morgan fingerprint density at radius 2 is 2.33 bits per heavy atom. The predicted octanol–water partition coefficient (Wildman–Crippen LogP) is 1.58. The number of rotatable bonds is 5. The van der Waals surface area contributed by atoms with Gasteiger partial charge in [0.1, 0.15) is 5.25 Å². The molecule has 0 radical (unpaired) electrons. The van der Waals surface area contributed by atoms with E-state index in [4.69, 9.17) is 10.00 Å². The van der Waals surface area contributed by atoms with E-state index < -0.39 is 0 Å². The van der Waals surface area contributed by atoms with E-state index >= 15 is 0 Å². The average molecular weight is 187 g/mol. The first-order chi connectivity index (χ1) is 5.76. The Kier molecular flexibility index (Phi) is 6.58. The largest absolute Gasteiger partial charge is 0.465 e. The van der Waals surface area contributed by atoms with Crippen LogP contribution in [-0.4, -0.2) is 23.6 Å². The lowest BCUT2D eigenvalue weighted by Gasteiger charge is -2.10. The Bertz CT molecular complexity index is 176. The molecule has 4 heteroatoms. The number of thioether (sulfide) groups is 1. The van der Waals surface area contributed by atoms with Gasteiger partial charge in [-0.2, -0.15) is 5.26 Å². The lowest BCUT2D eigenvalue weighted by atomic mass is 10.3. The molecule has 68 valence electrons. The number of hydrogen-bond acceptors (Lipinski definition) is 4. The summed E-state index contributed by atoms with van der Waals surface area (Å²) in [5.74, 6) is 0.136. The quantitative estimate of drug-likeness (QED) is 0.613. The number of nitrogens with zero attached hydrogens (tertiary/aromatic N) is 1. The maximum atomic E-state index is 11.1. The molecule has 1 unspecified atom stereocenters. The van der Waals surface area contributed by atoms with Gasteiger partial charge in [-0.1, -0.05) is 6.92 Å². The number of carbonyl (C=O) groups excluding carboxylic acids is 1. The van der Waals surface area contributed by atoms with E-state index in [2.05, 4.69) is 0 Å². The molecule has 12 heavy (non-hydrogen) atoms. The van der Waals surface area contributed by atoms with Crippen LogP contribution in [0.15, 0.2) is 0 Å². The van der Waals surface area contributed by atoms with Gasteiger partial charge in [0.25, 0.3) is 0 Å². The fourth-order valence-electron chi connectivity index (χ4n) is 0.726. The van der Waals surface area contributed by atoms with Crippen LogP contribution >= 0.6 is 11.8 Å². The van der Waals surface area contributed by atoms with Gasteiger partial charge < -0.3 is 4.74 Å². The van der Waals surface area contributed by atoms with E-state index in [-0.39, 0.29) is 11.2 Å². The molecule has 0 heterocycles. The van der Waals surface area contributed by atoms with Crippen LogP contribution in [0.5, 0.6) is 0 Å². The summed E-state index contributed by atoms with van der Waals surface area (Å²) in [6.07, 6.45) is 0.713. The number of esters is 1. The minimum absolute atomic E-state index is 0.176. The van der Waals surface area contributed by atoms with Gasteiger partial charge in [-0.25, -0.2) is 0 Å². The summed E-state index contributed by atoms with van der Waals surface area (Å²) in [4.78, 5) is 11.1. The lowest BCUT2D eigenvalue weighted by molar-refractivity contribution is -0.142. The summed E-state index contributed by atoms with van der Waals surface area (Å²) in [7, 11) is 0. The molecule has 0 aromatic carbocycles. The highest BCUT2D eigenvalue weighted by molar-refractivity contribution is 8.00. The van der Waals surface area contributed by atoms with Gasteiger partial charge in [0, 0.05) is 0 Å². The normalized spacial score (nSPS) is 11.8. The van der Waals surface area contributed by atoms with Crippen molar-refractivity contribution in [2.75, 3.05) is 12.4 Å².